The molecule has 2 heterocycles. The molecule has 1 amide bonds. The second kappa shape index (κ2) is 6.81. The molecule has 2 aromatic rings. The number of hydrogen-bond donors (Lipinski definition) is 2. The molecule has 9 heteroatoms. The topological polar surface area (TPSA) is 104 Å². The van der Waals surface area contributed by atoms with Crippen LogP contribution in [0.5, 0.6) is 5.88 Å². The summed E-state index contributed by atoms with van der Waals surface area (Å²) in [6.07, 6.45) is 3.35. The zero-order chi connectivity index (χ0) is 19.0. The molecule has 26 heavy (non-hydrogen) atoms. The molecule has 0 aliphatic heterocycles. The quantitative estimate of drug-likeness (QED) is 0.590. The minimum Gasteiger partial charge on any atom is -0.492 e. The number of nitrogens with one attached hydrogen (secondary N) is 1. The van der Waals surface area contributed by atoms with Gasteiger partial charge in [0.1, 0.15) is 5.65 Å². The molecule has 0 atom stereocenters. The normalized spacial score (nSPS) is 14.5. The Balaban J connectivity index is 2.17. The summed E-state index contributed by atoms with van der Waals surface area (Å²) < 4.78 is 2.67. The molecule has 0 unspecified atom stereocenters. The molecule has 0 spiro atoms. The predicted molar refractivity (Wildman–Crippen MR) is 98.3 cm³/mol. The zero-order valence-electron chi connectivity index (χ0n) is 15.4. The monoisotopic (exact) mass is 360 g/mol. The lowest BCUT2D eigenvalue weighted by Crippen LogP contribution is -2.36. The fourth-order valence-corrected chi connectivity index (χ4v) is 2.61. The molecule has 2 aromatic heterocycles. The van der Waals surface area contributed by atoms with Crippen LogP contribution in [0.4, 0.5) is 5.82 Å². The number of rotatable bonds is 6. The standard InChI is InChI=1S/C17H24N6O3/c1-10(2)8-22-13-7-12(18-9-21(3)4)20-23(13)17(26)14(16(22)25)15(24)19-11-5-6-11/h7,9-11,26H,5-6,8H2,1-4H3,(H,19,24). The number of carbonyl (C=O) groups is 1. The van der Waals surface area contributed by atoms with Crippen LogP contribution < -0.4 is 10.9 Å². The third-order valence-corrected chi connectivity index (χ3v) is 3.95. The van der Waals surface area contributed by atoms with Crippen molar-refractivity contribution in [1.82, 2.24) is 24.4 Å². The van der Waals surface area contributed by atoms with Gasteiger partial charge in [0.05, 0.1) is 6.34 Å². The fraction of sp³-hybridized carbons (Fsp3) is 0.529. The van der Waals surface area contributed by atoms with E-state index in [1.807, 2.05) is 27.9 Å². The van der Waals surface area contributed by atoms with Crippen molar-refractivity contribution in [3.05, 3.63) is 22.0 Å². The van der Waals surface area contributed by atoms with Crippen molar-refractivity contribution in [1.29, 1.82) is 0 Å². The average Bonchev–Trinajstić information content (AvgIpc) is 3.25. The van der Waals surface area contributed by atoms with E-state index < -0.39 is 17.3 Å². The van der Waals surface area contributed by atoms with Gasteiger partial charge >= 0.3 is 0 Å². The van der Waals surface area contributed by atoms with Crippen molar-refractivity contribution in [2.45, 2.75) is 39.3 Å². The lowest BCUT2D eigenvalue weighted by molar-refractivity contribution is 0.0944. The van der Waals surface area contributed by atoms with Gasteiger partial charge in [-0.05, 0) is 18.8 Å². The Labute approximate surface area is 150 Å². The van der Waals surface area contributed by atoms with Gasteiger partial charge in [0, 0.05) is 32.7 Å². The summed E-state index contributed by atoms with van der Waals surface area (Å²) >= 11 is 0. The summed E-state index contributed by atoms with van der Waals surface area (Å²) in [5.74, 6) is -0.521. The molecular weight excluding hydrogens is 336 g/mol. The maximum absolute atomic E-state index is 12.9. The fourth-order valence-electron chi connectivity index (χ4n) is 2.61. The first-order valence-electron chi connectivity index (χ1n) is 8.65. The van der Waals surface area contributed by atoms with Crippen molar-refractivity contribution < 1.29 is 9.90 Å². The van der Waals surface area contributed by atoms with Gasteiger partial charge in [-0.2, -0.15) is 4.52 Å². The number of nitrogens with zero attached hydrogens (tertiary/aromatic N) is 5. The summed E-state index contributed by atoms with van der Waals surface area (Å²) in [4.78, 5) is 31.3. The Bertz CT molecular complexity index is 921. The van der Waals surface area contributed by atoms with Gasteiger partial charge in [-0.1, -0.05) is 13.8 Å². The van der Waals surface area contributed by atoms with E-state index in [-0.39, 0.29) is 17.5 Å². The van der Waals surface area contributed by atoms with Gasteiger partial charge in [-0.15, -0.1) is 5.10 Å². The summed E-state index contributed by atoms with van der Waals surface area (Å²) in [5.41, 5.74) is -0.406. The Morgan fingerprint density at radius 3 is 2.77 bits per heavy atom. The molecule has 0 aromatic carbocycles. The second-order valence-corrected chi connectivity index (χ2v) is 7.24. The lowest BCUT2D eigenvalue weighted by Gasteiger charge is -2.14. The number of aromatic hydroxyl groups is 1. The van der Waals surface area contributed by atoms with E-state index in [0.717, 1.165) is 12.8 Å². The molecule has 1 aliphatic rings. The van der Waals surface area contributed by atoms with Gasteiger partial charge in [0.2, 0.25) is 5.88 Å². The van der Waals surface area contributed by atoms with Crippen molar-refractivity contribution in [2.24, 2.45) is 10.9 Å². The van der Waals surface area contributed by atoms with Crippen LogP contribution in [0.15, 0.2) is 15.9 Å². The highest BCUT2D eigenvalue weighted by Gasteiger charge is 2.29. The minimum absolute atomic E-state index is 0.0772. The number of carbonyl (C=O) groups excluding carboxylic acids is 1. The first-order chi connectivity index (χ1) is 12.3. The molecule has 0 radical (unpaired) electrons. The Morgan fingerprint density at radius 2 is 2.19 bits per heavy atom. The van der Waals surface area contributed by atoms with E-state index >= 15 is 0 Å². The van der Waals surface area contributed by atoms with Crippen LogP contribution in [0.25, 0.3) is 5.65 Å². The SMILES string of the molecule is CC(C)Cn1c(=O)c(C(=O)NC2CC2)c(O)n2nc(N=CN(C)C)cc12. The Hall–Kier alpha value is -2.84. The number of amides is 1. The third kappa shape index (κ3) is 3.56. The maximum Gasteiger partial charge on any atom is 0.270 e. The number of hydrogen-bond acceptors (Lipinski definition) is 5. The van der Waals surface area contributed by atoms with Gasteiger partial charge in [0.15, 0.2) is 11.4 Å². The minimum atomic E-state index is -0.566. The van der Waals surface area contributed by atoms with E-state index in [1.165, 1.54) is 9.08 Å². The molecule has 2 N–H and O–H groups in total. The van der Waals surface area contributed by atoms with Crippen molar-refractivity contribution in [3.8, 4) is 5.88 Å². The molecule has 1 aliphatic carbocycles. The van der Waals surface area contributed by atoms with E-state index in [1.54, 1.807) is 17.3 Å². The number of fused-ring (bicyclic) bond motifs is 1. The number of aromatic nitrogens is 3. The molecule has 1 fully saturated rings. The van der Waals surface area contributed by atoms with Crippen LogP contribution in [-0.2, 0) is 6.54 Å². The lowest BCUT2D eigenvalue weighted by atomic mass is 10.2. The molecular formula is C17H24N6O3. The van der Waals surface area contributed by atoms with Crippen LogP contribution in [0.1, 0.15) is 37.0 Å². The van der Waals surface area contributed by atoms with Gasteiger partial charge in [-0.3, -0.25) is 14.2 Å². The summed E-state index contributed by atoms with van der Waals surface area (Å²) in [6, 6.07) is 1.69. The average molecular weight is 360 g/mol. The van der Waals surface area contributed by atoms with Crippen LogP contribution in [0, 0.1) is 5.92 Å². The first kappa shape index (κ1) is 18.0. The molecule has 0 saturated heterocycles. The van der Waals surface area contributed by atoms with Crippen LogP contribution >= 0.6 is 0 Å². The highest BCUT2D eigenvalue weighted by Crippen LogP contribution is 2.23. The number of aliphatic imine (C=N–C) groups is 1. The maximum atomic E-state index is 12.9. The second-order valence-electron chi connectivity index (χ2n) is 7.24. The van der Waals surface area contributed by atoms with E-state index in [9.17, 15) is 14.7 Å². The molecule has 9 nitrogen and oxygen atoms in total. The smallest absolute Gasteiger partial charge is 0.270 e. The van der Waals surface area contributed by atoms with Gasteiger partial charge < -0.3 is 15.3 Å². The Morgan fingerprint density at radius 1 is 1.50 bits per heavy atom. The van der Waals surface area contributed by atoms with Crippen LogP contribution in [-0.4, -0.2) is 56.6 Å². The van der Waals surface area contributed by atoms with E-state index in [0.29, 0.717) is 18.0 Å². The third-order valence-electron chi connectivity index (χ3n) is 3.95. The highest BCUT2D eigenvalue weighted by atomic mass is 16.3. The summed E-state index contributed by atoms with van der Waals surface area (Å²) in [6.45, 7) is 4.34. The summed E-state index contributed by atoms with van der Waals surface area (Å²) in [7, 11) is 3.65. The van der Waals surface area contributed by atoms with Crippen molar-refractivity contribution in [3.63, 3.8) is 0 Å². The predicted octanol–water partition coefficient (Wildman–Crippen LogP) is 0.971. The first-order valence-corrected chi connectivity index (χ1v) is 8.65. The van der Waals surface area contributed by atoms with Gasteiger partial charge in [0.25, 0.3) is 11.5 Å². The van der Waals surface area contributed by atoms with E-state index in [2.05, 4.69) is 15.4 Å². The largest absolute Gasteiger partial charge is 0.492 e. The summed E-state index contributed by atoms with van der Waals surface area (Å²) in [5, 5.41) is 17.5. The van der Waals surface area contributed by atoms with Gasteiger partial charge in [-0.25, -0.2) is 4.99 Å². The van der Waals surface area contributed by atoms with E-state index in [4.69, 9.17) is 0 Å². The molecule has 1 saturated carbocycles. The molecule has 0 bridgehead atoms. The van der Waals surface area contributed by atoms with Crippen LogP contribution in [0.2, 0.25) is 0 Å². The zero-order valence-corrected chi connectivity index (χ0v) is 15.4. The molecule has 140 valence electrons. The van der Waals surface area contributed by atoms with Crippen LogP contribution in [0.3, 0.4) is 0 Å². The highest BCUT2D eigenvalue weighted by molar-refractivity contribution is 5.96. The molecule has 3 rings (SSSR count). The van der Waals surface area contributed by atoms with Crippen molar-refractivity contribution >= 4 is 23.7 Å². The Kier molecular flexibility index (Phi) is 4.71. The van der Waals surface area contributed by atoms with Crippen molar-refractivity contribution in [2.75, 3.05) is 14.1 Å².